The summed E-state index contributed by atoms with van der Waals surface area (Å²) in [4.78, 5) is 2.14. The molecule has 1 fully saturated rings. The molecule has 45 heavy (non-hydrogen) atoms. The minimum Gasteiger partial charge on any atom is -0.497 e. The van der Waals surface area contributed by atoms with E-state index < -0.39 is 5.60 Å². The van der Waals surface area contributed by atoms with E-state index in [1.807, 2.05) is 0 Å². The van der Waals surface area contributed by atoms with Gasteiger partial charge < -0.3 is 14.4 Å². The van der Waals surface area contributed by atoms with E-state index >= 15 is 0 Å². The highest BCUT2D eigenvalue weighted by atomic mass is 16.5. The third-order valence-electron chi connectivity index (χ3n) is 10.7. The van der Waals surface area contributed by atoms with Crippen molar-refractivity contribution in [2.75, 3.05) is 26.1 Å². The lowest BCUT2D eigenvalue weighted by Gasteiger charge is -2.40. The van der Waals surface area contributed by atoms with Crippen LogP contribution in [0.4, 0.5) is 5.69 Å². The normalized spacial score (nSPS) is 19.6. The number of anilines is 1. The average Bonchev–Trinajstić information content (AvgIpc) is 3.37. The van der Waals surface area contributed by atoms with E-state index in [2.05, 4.69) is 128 Å². The predicted molar refractivity (Wildman–Crippen MR) is 187 cm³/mol. The third kappa shape index (κ3) is 4.24. The highest BCUT2D eigenvalue weighted by Crippen LogP contribution is 2.61. The van der Waals surface area contributed by atoms with Crippen molar-refractivity contribution in [3.05, 3.63) is 131 Å². The van der Waals surface area contributed by atoms with Gasteiger partial charge in [0, 0.05) is 47.3 Å². The maximum Gasteiger partial charge on any atom is 0.178 e. The number of hydrogen-bond acceptors (Lipinski definition) is 3. The molecule has 5 aromatic carbocycles. The van der Waals surface area contributed by atoms with E-state index in [1.54, 1.807) is 7.11 Å². The van der Waals surface area contributed by atoms with Crippen molar-refractivity contribution in [3.8, 4) is 22.6 Å². The molecule has 0 saturated heterocycles. The van der Waals surface area contributed by atoms with Crippen LogP contribution in [-0.2, 0) is 11.0 Å². The van der Waals surface area contributed by atoms with Crippen molar-refractivity contribution in [1.82, 2.24) is 0 Å². The van der Waals surface area contributed by atoms with Crippen LogP contribution in [0.1, 0.15) is 72.8 Å². The molecule has 5 aromatic rings. The molecular weight excluding hydrogens is 550 g/mol. The Morgan fingerprint density at radius 3 is 2.13 bits per heavy atom. The Morgan fingerprint density at radius 2 is 1.40 bits per heavy atom. The summed E-state index contributed by atoms with van der Waals surface area (Å²) in [6, 6.07) is 35.3. The Labute approximate surface area is 267 Å². The minimum absolute atomic E-state index is 0.0155. The van der Waals surface area contributed by atoms with Crippen LogP contribution in [0.15, 0.2) is 103 Å². The first kappa shape index (κ1) is 28.0. The van der Waals surface area contributed by atoms with E-state index in [1.165, 1.54) is 83.8 Å². The lowest BCUT2D eigenvalue weighted by atomic mass is 9.67. The summed E-state index contributed by atoms with van der Waals surface area (Å²) in [6.45, 7) is 0. The van der Waals surface area contributed by atoms with Crippen molar-refractivity contribution >= 4 is 22.5 Å². The Morgan fingerprint density at radius 1 is 0.711 bits per heavy atom. The molecule has 0 N–H and O–H groups in total. The van der Waals surface area contributed by atoms with Gasteiger partial charge in [0.15, 0.2) is 5.60 Å². The molecule has 8 rings (SSSR count). The van der Waals surface area contributed by atoms with Crippen molar-refractivity contribution in [1.29, 1.82) is 0 Å². The molecule has 2 aliphatic carbocycles. The van der Waals surface area contributed by atoms with Crippen molar-refractivity contribution < 1.29 is 9.47 Å². The van der Waals surface area contributed by atoms with Crippen LogP contribution in [0.2, 0.25) is 0 Å². The second kappa shape index (κ2) is 10.8. The zero-order valence-corrected chi connectivity index (χ0v) is 26.6. The second-order valence-electron chi connectivity index (χ2n) is 13.3. The summed E-state index contributed by atoms with van der Waals surface area (Å²) < 4.78 is 13.4. The van der Waals surface area contributed by atoms with E-state index in [0.29, 0.717) is 0 Å². The first-order chi connectivity index (χ1) is 22.1. The number of benzene rings is 5. The van der Waals surface area contributed by atoms with E-state index in [-0.39, 0.29) is 5.41 Å². The zero-order chi connectivity index (χ0) is 30.6. The van der Waals surface area contributed by atoms with Gasteiger partial charge in [-0.2, -0.15) is 0 Å². The summed E-state index contributed by atoms with van der Waals surface area (Å²) in [5, 5.41) is 2.35. The molecule has 1 atom stereocenters. The molecule has 3 heteroatoms. The molecule has 0 bridgehead atoms. The molecular formula is C42H41NO2. The van der Waals surface area contributed by atoms with Crippen LogP contribution in [0.25, 0.3) is 28.0 Å². The largest absolute Gasteiger partial charge is 0.497 e. The summed E-state index contributed by atoms with van der Waals surface area (Å²) in [5.41, 5.74) is 9.59. The van der Waals surface area contributed by atoms with Crippen LogP contribution >= 0.6 is 0 Å². The Bertz CT molecular complexity index is 1910. The number of hydrogen-bond donors (Lipinski definition) is 0. The molecule has 226 valence electrons. The Balaban J connectivity index is 1.44. The molecule has 0 amide bonds. The lowest BCUT2D eigenvalue weighted by molar-refractivity contribution is 0.163. The Hall–Kier alpha value is -4.50. The van der Waals surface area contributed by atoms with Gasteiger partial charge in [-0.05, 0) is 76.9 Å². The van der Waals surface area contributed by atoms with Gasteiger partial charge in [0.25, 0.3) is 0 Å². The lowest BCUT2D eigenvalue weighted by Crippen LogP contribution is -2.35. The highest BCUT2D eigenvalue weighted by Gasteiger charge is 2.48. The van der Waals surface area contributed by atoms with Crippen LogP contribution < -0.4 is 14.4 Å². The van der Waals surface area contributed by atoms with Crippen LogP contribution in [-0.4, -0.2) is 21.2 Å². The number of rotatable bonds is 4. The van der Waals surface area contributed by atoms with Gasteiger partial charge in [-0.15, -0.1) is 0 Å². The first-order valence-corrected chi connectivity index (χ1v) is 16.6. The zero-order valence-electron chi connectivity index (χ0n) is 26.6. The summed E-state index contributed by atoms with van der Waals surface area (Å²) in [7, 11) is 5.92. The fraction of sp³-hybridized carbons (Fsp3) is 0.286. The number of nitrogens with zero attached hydrogens (tertiary/aromatic N) is 1. The number of ether oxygens (including phenoxy) is 2. The van der Waals surface area contributed by atoms with Gasteiger partial charge in [0.2, 0.25) is 0 Å². The summed E-state index contributed by atoms with van der Waals surface area (Å²) in [6.07, 6.45) is 13.5. The smallest absolute Gasteiger partial charge is 0.178 e. The molecule has 1 heterocycles. The quantitative estimate of drug-likeness (QED) is 0.208. The maximum atomic E-state index is 7.56. The summed E-state index contributed by atoms with van der Waals surface area (Å²) >= 11 is 0. The van der Waals surface area contributed by atoms with Crippen LogP contribution in [0, 0.1) is 0 Å². The SMILES string of the molecule is COc1ccc2c3c(c4c(c2c1)OC(c1ccccc1)(c1ccc(N(C)C)cc1)C=C4)C1(CCCCCCC1)c1ccccc1-3. The fourth-order valence-electron chi connectivity index (χ4n) is 8.48. The van der Waals surface area contributed by atoms with Crippen molar-refractivity contribution in [2.24, 2.45) is 0 Å². The van der Waals surface area contributed by atoms with Gasteiger partial charge in [-0.1, -0.05) is 105 Å². The molecule has 1 spiro atoms. The van der Waals surface area contributed by atoms with Crippen molar-refractivity contribution in [3.63, 3.8) is 0 Å². The molecule has 0 aromatic heterocycles. The van der Waals surface area contributed by atoms with Crippen molar-refractivity contribution in [2.45, 2.75) is 56.0 Å². The van der Waals surface area contributed by atoms with Gasteiger partial charge in [0.1, 0.15) is 11.5 Å². The van der Waals surface area contributed by atoms with E-state index in [4.69, 9.17) is 9.47 Å². The van der Waals surface area contributed by atoms with Gasteiger partial charge >= 0.3 is 0 Å². The third-order valence-corrected chi connectivity index (χ3v) is 10.7. The second-order valence-corrected chi connectivity index (χ2v) is 13.3. The predicted octanol–water partition coefficient (Wildman–Crippen LogP) is 10.3. The summed E-state index contributed by atoms with van der Waals surface area (Å²) in [5.74, 6) is 1.80. The van der Waals surface area contributed by atoms with E-state index in [9.17, 15) is 0 Å². The topological polar surface area (TPSA) is 21.7 Å². The van der Waals surface area contributed by atoms with Gasteiger partial charge in [-0.25, -0.2) is 0 Å². The molecule has 1 saturated carbocycles. The highest BCUT2D eigenvalue weighted by molar-refractivity contribution is 6.09. The minimum atomic E-state index is -0.775. The van der Waals surface area contributed by atoms with Crippen LogP contribution in [0.3, 0.4) is 0 Å². The van der Waals surface area contributed by atoms with E-state index in [0.717, 1.165) is 28.0 Å². The fourth-order valence-corrected chi connectivity index (χ4v) is 8.48. The maximum absolute atomic E-state index is 7.56. The van der Waals surface area contributed by atoms with Gasteiger partial charge in [0.05, 0.1) is 7.11 Å². The van der Waals surface area contributed by atoms with Crippen LogP contribution in [0.5, 0.6) is 11.5 Å². The molecule has 1 unspecified atom stereocenters. The molecule has 3 nitrogen and oxygen atoms in total. The molecule has 3 aliphatic rings. The van der Waals surface area contributed by atoms with Gasteiger partial charge in [-0.3, -0.25) is 0 Å². The standard InChI is InChI=1S/C42H41NO2/c1-43(2)31-20-18-30(19-21-31)42(29-14-8-7-9-15-29)27-24-35-39-38(33-23-22-32(44-3)28-36(33)40(35)45-42)34-16-10-11-17-37(34)41(39)25-12-5-4-6-13-26-41/h7-11,14-24,27-28H,4-6,12-13,25-26H2,1-3H3. The number of methoxy groups -OCH3 is 1. The average molecular weight is 592 g/mol. The monoisotopic (exact) mass is 591 g/mol. The molecule has 0 radical (unpaired) electrons. The first-order valence-electron chi connectivity index (χ1n) is 16.6. The number of fused-ring (bicyclic) bond motifs is 10. The Kier molecular flexibility index (Phi) is 6.75. The molecule has 1 aliphatic heterocycles.